The van der Waals surface area contributed by atoms with Crippen LogP contribution in [0.1, 0.15) is 21.5 Å². The van der Waals surface area contributed by atoms with Crippen molar-refractivity contribution in [1.29, 1.82) is 0 Å². The van der Waals surface area contributed by atoms with E-state index in [9.17, 15) is 18.1 Å². The number of allylic oxidation sites excluding steroid dienone is 1. The fourth-order valence-electron chi connectivity index (χ4n) is 2.27. The van der Waals surface area contributed by atoms with E-state index in [0.717, 1.165) is 5.56 Å². The van der Waals surface area contributed by atoms with Gasteiger partial charge in [0.2, 0.25) is 0 Å². The molecule has 8 nitrogen and oxygen atoms in total. The van der Waals surface area contributed by atoms with Gasteiger partial charge in [0.05, 0.1) is 14.2 Å². The summed E-state index contributed by atoms with van der Waals surface area (Å²) in [5.41, 5.74) is 3.97. The van der Waals surface area contributed by atoms with E-state index in [-0.39, 0.29) is 9.54 Å². The van der Waals surface area contributed by atoms with E-state index in [1.54, 1.807) is 35.3 Å². The van der Waals surface area contributed by atoms with Gasteiger partial charge >= 0.3 is 118 Å². The second-order valence-corrected chi connectivity index (χ2v) is 9.25. The fraction of sp³-hybridized carbons (Fsp3) is 0.150. The molecule has 0 aliphatic rings. The Morgan fingerprint density at radius 3 is 2.21 bits per heavy atom. The second-order valence-electron chi connectivity index (χ2n) is 5.67. The zero-order chi connectivity index (χ0) is 21.4. The molecule has 0 saturated heterocycles. The van der Waals surface area contributed by atoms with E-state index >= 15 is 0 Å². The number of nitrogens with one attached hydrogen (secondary N) is 1. The fourth-order valence-corrected chi connectivity index (χ4v) is 2.97. The predicted molar refractivity (Wildman–Crippen MR) is 119 cm³/mol. The van der Waals surface area contributed by atoms with Gasteiger partial charge < -0.3 is 14.6 Å². The Morgan fingerprint density at radius 2 is 1.69 bits per heavy atom. The SMILES string of the molecule is COc1cc(O)cc(OC)c1/C=N/NC(=O)c1ccc(/C=C/C(=O)I(C)O)cc1. The molecule has 3 N–H and O–H groups in total. The predicted octanol–water partition coefficient (Wildman–Crippen LogP) is 2.76. The first-order chi connectivity index (χ1) is 13.8. The molecule has 2 rings (SSSR count). The van der Waals surface area contributed by atoms with Crippen molar-refractivity contribution >= 4 is 42.2 Å². The van der Waals surface area contributed by atoms with Crippen LogP contribution in [0.4, 0.5) is 0 Å². The number of halogens is 1. The van der Waals surface area contributed by atoms with Crippen LogP contribution in [-0.4, -0.2) is 43.6 Å². The number of phenolic OH excluding ortho intramolecular Hbond substituents is 1. The third kappa shape index (κ3) is 6.29. The van der Waals surface area contributed by atoms with E-state index < -0.39 is 26.1 Å². The molecule has 0 bridgehead atoms. The Morgan fingerprint density at radius 1 is 1.10 bits per heavy atom. The van der Waals surface area contributed by atoms with Crippen LogP contribution in [-0.2, 0) is 4.79 Å². The van der Waals surface area contributed by atoms with Crippen LogP contribution in [0.2, 0.25) is 0 Å². The molecule has 0 atom stereocenters. The van der Waals surface area contributed by atoms with E-state index in [1.165, 1.54) is 38.6 Å². The Hall–Kier alpha value is -2.92. The van der Waals surface area contributed by atoms with Gasteiger partial charge in [-0.05, 0) is 0 Å². The van der Waals surface area contributed by atoms with Crippen LogP contribution in [0.3, 0.4) is 0 Å². The Labute approximate surface area is 175 Å². The van der Waals surface area contributed by atoms with Crippen molar-refractivity contribution in [3.8, 4) is 17.2 Å². The summed E-state index contributed by atoms with van der Waals surface area (Å²) in [5.74, 6) is 0.228. The number of hydrazone groups is 1. The summed E-state index contributed by atoms with van der Waals surface area (Å²) in [5, 5.41) is 13.6. The summed E-state index contributed by atoms with van der Waals surface area (Å²) < 4.78 is 19.5. The van der Waals surface area contributed by atoms with E-state index in [4.69, 9.17) is 9.47 Å². The molecule has 0 aromatic heterocycles. The van der Waals surface area contributed by atoms with Crippen LogP contribution in [0, 0.1) is 0 Å². The van der Waals surface area contributed by atoms with Crippen molar-refractivity contribution in [2.75, 3.05) is 19.2 Å². The van der Waals surface area contributed by atoms with Crippen molar-refractivity contribution in [2.24, 2.45) is 5.10 Å². The molecule has 154 valence electrons. The number of carbonyl (C=O) groups excluding carboxylic acids is 2. The molecule has 29 heavy (non-hydrogen) atoms. The topological polar surface area (TPSA) is 117 Å². The molecule has 2 aromatic rings. The molecule has 9 heteroatoms. The monoisotopic (exact) mass is 512 g/mol. The van der Waals surface area contributed by atoms with E-state index in [0.29, 0.717) is 22.6 Å². The summed E-state index contributed by atoms with van der Waals surface area (Å²) in [6.45, 7) is 0. The van der Waals surface area contributed by atoms with Gasteiger partial charge in [0.25, 0.3) is 0 Å². The summed E-state index contributed by atoms with van der Waals surface area (Å²) in [6.07, 6.45) is 4.30. The standard InChI is InChI=1S/C20H21IN2O6/c1-21(27)19(25)9-6-13-4-7-14(8-5-13)20(26)23-22-12-16-17(28-2)10-15(24)11-18(16)29-3/h4-12,24,27H,1-3H3,(H,23,26)/b9-6+,22-12+. The summed E-state index contributed by atoms with van der Waals surface area (Å²) >= 11 is -2.49. The van der Waals surface area contributed by atoms with Crippen molar-refractivity contribution in [1.82, 2.24) is 5.43 Å². The molecule has 0 heterocycles. The molecule has 0 radical (unpaired) electrons. The van der Waals surface area contributed by atoms with Crippen LogP contribution < -0.4 is 14.9 Å². The van der Waals surface area contributed by atoms with Gasteiger partial charge in [0.1, 0.15) is 17.2 Å². The Bertz CT molecular complexity index is 913. The van der Waals surface area contributed by atoms with Gasteiger partial charge in [-0.2, -0.15) is 0 Å². The van der Waals surface area contributed by atoms with Crippen LogP contribution >= 0.6 is 20.2 Å². The number of rotatable bonds is 8. The number of amides is 1. The van der Waals surface area contributed by atoms with Crippen LogP contribution in [0.15, 0.2) is 47.6 Å². The minimum atomic E-state index is -2.49. The summed E-state index contributed by atoms with van der Waals surface area (Å²) in [7, 11) is 2.88. The van der Waals surface area contributed by atoms with E-state index in [1.807, 2.05) is 0 Å². The number of methoxy groups -OCH3 is 2. The third-order valence-corrected chi connectivity index (χ3v) is 5.64. The third-order valence-electron chi connectivity index (χ3n) is 3.74. The van der Waals surface area contributed by atoms with Crippen LogP contribution in [0.25, 0.3) is 6.08 Å². The van der Waals surface area contributed by atoms with Crippen LogP contribution in [0.5, 0.6) is 17.2 Å². The van der Waals surface area contributed by atoms with Gasteiger partial charge in [-0.1, -0.05) is 0 Å². The molecule has 2 aromatic carbocycles. The normalized spacial score (nSPS) is 11.5. The number of nitrogens with zero attached hydrogens (tertiary/aromatic N) is 1. The first-order valence-corrected chi connectivity index (χ1v) is 12.5. The zero-order valence-electron chi connectivity index (χ0n) is 16.0. The van der Waals surface area contributed by atoms with Gasteiger partial charge in [-0.15, -0.1) is 0 Å². The number of carbonyl (C=O) groups is 2. The molecule has 0 saturated carbocycles. The van der Waals surface area contributed by atoms with Gasteiger partial charge in [0.15, 0.2) is 0 Å². The van der Waals surface area contributed by atoms with Crippen molar-refractivity contribution in [2.45, 2.75) is 0 Å². The quantitative estimate of drug-likeness (QED) is 0.125. The van der Waals surface area contributed by atoms with Gasteiger partial charge in [-0.25, -0.2) is 0 Å². The number of ether oxygens (including phenoxy) is 2. The average Bonchev–Trinajstić information content (AvgIpc) is 2.72. The molecular formula is C20H21IN2O6. The van der Waals surface area contributed by atoms with Crippen molar-refractivity contribution in [3.63, 3.8) is 0 Å². The second kappa shape index (κ2) is 10.6. The van der Waals surface area contributed by atoms with E-state index in [2.05, 4.69) is 10.5 Å². The average molecular weight is 512 g/mol. The maximum absolute atomic E-state index is 12.2. The van der Waals surface area contributed by atoms with Crippen molar-refractivity contribution in [3.05, 3.63) is 59.2 Å². The first-order valence-electron chi connectivity index (χ1n) is 8.25. The Kier molecular flexibility index (Phi) is 8.16. The molecule has 0 fully saturated rings. The number of alkyl halides is 1. The molecule has 0 aliphatic heterocycles. The Balaban J connectivity index is 2.07. The van der Waals surface area contributed by atoms with Crippen molar-refractivity contribution < 1.29 is 27.6 Å². The minimum absolute atomic E-state index is 0.0215. The summed E-state index contributed by atoms with van der Waals surface area (Å²) in [6, 6.07) is 9.36. The molecular weight excluding hydrogens is 491 g/mol. The number of hydrogen-bond acceptors (Lipinski definition) is 7. The molecule has 0 spiro atoms. The summed E-state index contributed by atoms with van der Waals surface area (Å²) in [4.78, 5) is 25.2. The molecule has 0 aliphatic carbocycles. The number of phenols is 1. The number of benzene rings is 2. The zero-order valence-corrected chi connectivity index (χ0v) is 18.2. The number of hydrogen-bond donors (Lipinski definition) is 3. The molecule has 0 unspecified atom stereocenters. The van der Waals surface area contributed by atoms with Gasteiger partial charge in [0, 0.05) is 12.1 Å². The first kappa shape index (κ1) is 22.4. The molecule has 1 amide bonds. The van der Waals surface area contributed by atoms with Gasteiger partial charge in [-0.3, -0.25) is 0 Å². The maximum atomic E-state index is 12.2. The number of aromatic hydroxyl groups is 1.